The SMILES string of the molecule is CC(C)(C)OC(=O)N[C@H](C(=O)N[C@H]1CCN(C(=O)OC(C)(C)C)[C@@](CCCCB2OC(C)(C)C(C)(C)O2)(C(=O)O)C1)C(C)(C)C. The van der Waals surface area contributed by atoms with E-state index in [0.29, 0.717) is 25.6 Å². The van der Waals surface area contributed by atoms with Gasteiger partial charge in [0.2, 0.25) is 5.91 Å². The summed E-state index contributed by atoms with van der Waals surface area (Å²) in [6.45, 7) is 23.9. The van der Waals surface area contributed by atoms with Gasteiger partial charge in [-0.1, -0.05) is 33.6 Å². The van der Waals surface area contributed by atoms with E-state index in [1.165, 1.54) is 4.90 Å². The van der Waals surface area contributed by atoms with E-state index in [1.807, 2.05) is 48.5 Å². The summed E-state index contributed by atoms with van der Waals surface area (Å²) in [4.78, 5) is 53.9. The molecule has 2 aliphatic rings. The first-order valence-corrected chi connectivity index (χ1v) is 16.1. The maximum absolute atomic E-state index is 13.6. The fourth-order valence-corrected chi connectivity index (χ4v) is 5.57. The maximum atomic E-state index is 13.6. The van der Waals surface area contributed by atoms with Gasteiger partial charge in [0, 0.05) is 19.0 Å². The number of hydrogen-bond acceptors (Lipinski definition) is 8. The quantitative estimate of drug-likeness (QED) is 0.218. The highest BCUT2D eigenvalue weighted by molar-refractivity contribution is 6.45. The zero-order valence-electron chi connectivity index (χ0n) is 29.8. The highest BCUT2D eigenvalue weighted by Crippen LogP contribution is 2.39. The molecule has 2 heterocycles. The Morgan fingerprint density at radius 1 is 0.911 bits per heavy atom. The summed E-state index contributed by atoms with van der Waals surface area (Å²) in [5.41, 5.74) is -4.80. The number of nitrogens with zero attached hydrogens (tertiary/aromatic N) is 1. The number of carbonyl (C=O) groups is 4. The molecule has 3 atom stereocenters. The molecule has 2 saturated heterocycles. The summed E-state index contributed by atoms with van der Waals surface area (Å²) in [6, 6.07) is -1.52. The molecule has 0 radical (unpaired) electrons. The Morgan fingerprint density at radius 3 is 1.91 bits per heavy atom. The van der Waals surface area contributed by atoms with Crippen LogP contribution in [0.1, 0.15) is 122 Å². The molecule has 0 bridgehead atoms. The van der Waals surface area contributed by atoms with Crippen molar-refractivity contribution >= 4 is 31.2 Å². The average Bonchev–Trinajstić information content (AvgIpc) is 3.02. The summed E-state index contributed by atoms with van der Waals surface area (Å²) in [5.74, 6) is -1.62. The number of hydrogen-bond donors (Lipinski definition) is 3. The Hall–Kier alpha value is -2.54. The fraction of sp³-hybridized carbons (Fsp3) is 0.875. The summed E-state index contributed by atoms with van der Waals surface area (Å²) in [7, 11) is -0.414. The Bertz CT molecular complexity index is 1070. The molecule has 0 aliphatic carbocycles. The zero-order chi connectivity index (χ0) is 34.8. The van der Waals surface area contributed by atoms with Crippen molar-refractivity contribution in [2.24, 2.45) is 5.41 Å². The molecule has 0 saturated carbocycles. The number of unbranched alkanes of at least 4 members (excludes halogenated alkanes) is 1. The van der Waals surface area contributed by atoms with Crippen LogP contribution in [0.3, 0.4) is 0 Å². The van der Waals surface area contributed by atoms with Gasteiger partial charge in [-0.25, -0.2) is 14.4 Å². The van der Waals surface area contributed by atoms with E-state index in [4.69, 9.17) is 18.8 Å². The van der Waals surface area contributed by atoms with Crippen molar-refractivity contribution in [3.63, 3.8) is 0 Å². The second kappa shape index (κ2) is 13.7. The third-order valence-corrected chi connectivity index (χ3v) is 8.53. The number of rotatable bonds is 9. The van der Waals surface area contributed by atoms with Gasteiger partial charge in [0.25, 0.3) is 0 Å². The van der Waals surface area contributed by atoms with Crippen molar-refractivity contribution in [1.29, 1.82) is 0 Å². The van der Waals surface area contributed by atoms with Gasteiger partial charge in [-0.2, -0.15) is 0 Å². The van der Waals surface area contributed by atoms with E-state index in [1.54, 1.807) is 41.5 Å². The molecule has 2 aliphatic heterocycles. The first-order valence-electron chi connectivity index (χ1n) is 16.1. The van der Waals surface area contributed by atoms with Crippen molar-refractivity contribution in [3.05, 3.63) is 0 Å². The maximum Gasteiger partial charge on any atom is 0.457 e. The lowest BCUT2D eigenvalue weighted by Crippen LogP contribution is -2.65. The van der Waals surface area contributed by atoms with Crippen LogP contribution in [-0.4, -0.2) is 87.8 Å². The molecule has 2 rings (SSSR count). The average molecular weight is 640 g/mol. The number of ether oxygens (including phenoxy) is 2. The second-order valence-corrected chi connectivity index (χ2v) is 16.5. The molecule has 12 nitrogen and oxygen atoms in total. The highest BCUT2D eigenvalue weighted by atomic mass is 16.7. The molecule has 3 amide bonds. The number of carbonyl (C=O) groups excluding carboxylic acids is 3. The van der Waals surface area contributed by atoms with Crippen LogP contribution in [0.15, 0.2) is 0 Å². The predicted molar refractivity (Wildman–Crippen MR) is 172 cm³/mol. The molecule has 0 spiro atoms. The number of likely N-dealkylation sites (tertiary alicyclic amines) is 1. The van der Waals surface area contributed by atoms with Gasteiger partial charge in [0.05, 0.1) is 11.2 Å². The number of amides is 3. The Morgan fingerprint density at radius 2 is 1.44 bits per heavy atom. The summed E-state index contributed by atoms with van der Waals surface area (Å²) >= 11 is 0. The molecular formula is C32H58BN3O9. The van der Waals surface area contributed by atoms with Crippen molar-refractivity contribution < 1.29 is 43.1 Å². The summed E-state index contributed by atoms with van der Waals surface area (Å²) < 4.78 is 23.2. The third kappa shape index (κ3) is 10.5. The monoisotopic (exact) mass is 639 g/mol. The molecule has 2 fully saturated rings. The van der Waals surface area contributed by atoms with Gasteiger partial charge in [-0.3, -0.25) is 9.69 Å². The molecule has 0 aromatic rings. The first kappa shape index (κ1) is 38.6. The van der Waals surface area contributed by atoms with Crippen LogP contribution < -0.4 is 10.6 Å². The fourth-order valence-electron chi connectivity index (χ4n) is 5.57. The number of carboxylic acid groups (broad SMARTS) is 1. The minimum atomic E-state index is -1.62. The minimum Gasteiger partial charge on any atom is -0.479 e. The van der Waals surface area contributed by atoms with Gasteiger partial charge in [-0.05, 0) is 93.8 Å². The van der Waals surface area contributed by atoms with Crippen LogP contribution in [0, 0.1) is 5.41 Å². The van der Waals surface area contributed by atoms with E-state index in [-0.39, 0.29) is 19.4 Å². The number of nitrogens with one attached hydrogen (secondary N) is 2. The molecular weight excluding hydrogens is 581 g/mol. The van der Waals surface area contributed by atoms with Crippen LogP contribution in [-0.2, 0) is 28.4 Å². The van der Waals surface area contributed by atoms with E-state index >= 15 is 0 Å². The molecule has 0 aromatic heterocycles. The standard InChI is InChI=1S/C32H58BN3O9/c1-27(2,3)22(35-25(40)42-28(4,5)6)23(37)34-21-16-19-36(26(41)43-29(7,8)9)32(20-21,24(38)39)17-14-15-18-33-44-30(10,11)31(12,13)45-33/h21-22H,14-20H2,1-13H3,(H,34,37)(H,35,40)(H,38,39)/t21-,22+,32+/m0/s1. The van der Waals surface area contributed by atoms with Crippen molar-refractivity contribution in [1.82, 2.24) is 15.5 Å². The molecule has 0 unspecified atom stereocenters. The first-order chi connectivity index (χ1) is 20.2. The molecule has 258 valence electrons. The number of aliphatic carboxylic acids is 1. The van der Waals surface area contributed by atoms with Crippen LogP contribution >= 0.6 is 0 Å². The van der Waals surface area contributed by atoms with Crippen LogP contribution in [0.2, 0.25) is 6.32 Å². The summed E-state index contributed by atoms with van der Waals surface area (Å²) in [6.07, 6.45) is 0.659. The van der Waals surface area contributed by atoms with Crippen LogP contribution in [0.25, 0.3) is 0 Å². The predicted octanol–water partition coefficient (Wildman–Crippen LogP) is 5.53. The molecule has 3 N–H and O–H groups in total. The third-order valence-electron chi connectivity index (χ3n) is 8.53. The highest BCUT2D eigenvalue weighted by Gasteiger charge is 2.53. The van der Waals surface area contributed by atoms with Gasteiger partial charge in [-0.15, -0.1) is 0 Å². The topological polar surface area (TPSA) is 153 Å². The molecule has 45 heavy (non-hydrogen) atoms. The molecule has 13 heteroatoms. The lowest BCUT2D eigenvalue weighted by molar-refractivity contribution is -0.156. The van der Waals surface area contributed by atoms with Gasteiger partial charge in [0.15, 0.2) is 0 Å². The molecule has 0 aromatic carbocycles. The normalized spacial score (nSPS) is 24.1. The van der Waals surface area contributed by atoms with E-state index in [9.17, 15) is 24.3 Å². The van der Waals surface area contributed by atoms with Crippen molar-refractivity contribution in [2.45, 2.75) is 168 Å². The smallest absolute Gasteiger partial charge is 0.457 e. The van der Waals surface area contributed by atoms with Gasteiger partial charge < -0.3 is 34.5 Å². The van der Waals surface area contributed by atoms with E-state index < -0.39 is 76.6 Å². The van der Waals surface area contributed by atoms with Crippen LogP contribution in [0.5, 0.6) is 0 Å². The van der Waals surface area contributed by atoms with Crippen molar-refractivity contribution in [3.8, 4) is 0 Å². The second-order valence-electron chi connectivity index (χ2n) is 16.5. The Labute approximate surface area is 270 Å². The Balaban J connectivity index is 2.26. The largest absolute Gasteiger partial charge is 0.479 e. The van der Waals surface area contributed by atoms with Gasteiger partial charge in [0.1, 0.15) is 22.8 Å². The minimum absolute atomic E-state index is 0.0207. The van der Waals surface area contributed by atoms with Crippen LogP contribution in [0.4, 0.5) is 9.59 Å². The van der Waals surface area contributed by atoms with Crippen molar-refractivity contribution in [2.75, 3.05) is 6.54 Å². The zero-order valence-corrected chi connectivity index (χ0v) is 29.8. The number of piperidine rings is 1. The van der Waals surface area contributed by atoms with E-state index in [0.717, 1.165) is 0 Å². The lowest BCUT2D eigenvalue weighted by Gasteiger charge is -2.47. The van der Waals surface area contributed by atoms with E-state index in [2.05, 4.69) is 10.6 Å². The Kier molecular flexibility index (Phi) is 11.7. The van der Waals surface area contributed by atoms with Gasteiger partial charge >= 0.3 is 25.3 Å². The summed E-state index contributed by atoms with van der Waals surface area (Å²) in [5, 5.41) is 16.3. The lowest BCUT2D eigenvalue weighted by atomic mass is 9.77. The number of alkyl carbamates (subject to hydrolysis) is 1. The number of carboxylic acids is 1.